The van der Waals surface area contributed by atoms with E-state index in [4.69, 9.17) is 5.73 Å². The highest BCUT2D eigenvalue weighted by atomic mass is 35.5. The first-order valence-electron chi connectivity index (χ1n) is 6.68. The maximum atomic E-state index is 11.7. The summed E-state index contributed by atoms with van der Waals surface area (Å²) in [5, 5.41) is 2.90. The van der Waals surface area contributed by atoms with Crippen LogP contribution in [0.1, 0.15) is 33.1 Å². The van der Waals surface area contributed by atoms with Crippen LogP contribution in [-0.4, -0.2) is 48.9 Å². The molecule has 120 valence electrons. The highest BCUT2D eigenvalue weighted by Gasteiger charge is 2.28. The Hall–Kier alpha value is 0.0200. The molecule has 1 atom stereocenters. The van der Waals surface area contributed by atoms with E-state index < -0.39 is 9.84 Å². The molecule has 0 aromatic rings. The fraction of sp³-hybridized carbons (Fsp3) is 0.917. The third-order valence-electron chi connectivity index (χ3n) is 3.69. The van der Waals surface area contributed by atoms with Crippen molar-refractivity contribution in [2.45, 2.75) is 43.9 Å². The van der Waals surface area contributed by atoms with E-state index in [-0.39, 0.29) is 40.6 Å². The van der Waals surface area contributed by atoms with Crippen LogP contribution < -0.4 is 11.1 Å². The van der Waals surface area contributed by atoms with Crippen LogP contribution in [0.2, 0.25) is 0 Å². The number of nitrogens with one attached hydrogen (secondary N) is 1. The van der Waals surface area contributed by atoms with Crippen molar-refractivity contribution in [1.82, 2.24) is 5.32 Å². The van der Waals surface area contributed by atoms with Crippen molar-refractivity contribution in [3.05, 3.63) is 0 Å². The molecule has 0 aliphatic carbocycles. The van der Waals surface area contributed by atoms with Gasteiger partial charge in [0.25, 0.3) is 0 Å². The molecule has 5 nitrogen and oxygen atoms in total. The van der Waals surface area contributed by atoms with Crippen molar-refractivity contribution in [2.75, 3.05) is 23.8 Å². The Bertz CT molecular complexity index is 411. The molecule has 0 aromatic heterocycles. The Morgan fingerprint density at radius 2 is 2.00 bits per heavy atom. The van der Waals surface area contributed by atoms with Crippen LogP contribution in [0.4, 0.5) is 0 Å². The zero-order valence-electron chi connectivity index (χ0n) is 12.1. The molecule has 8 heteroatoms. The average molecular weight is 345 g/mol. The van der Waals surface area contributed by atoms with Gasteiger partial charge in [-0.15, -0.1) is 24.2 Å². The molecule has 1 aliphatic rings. The first-order valence-corrected chi connectivity index (χ1v) is 9.55. The van der Waals surface area contributed by atoms with Gasteiger partial charge in [0.1, 0.15) is 0 Å². The van der Waals surface area contributed by atoms with Gasteiger partial charge in [-0.25, -0.2) is 8.42 Å². The van der Waals surface area contributed by atoms with Crippen molar-refractivity contribution < 1.29 is 13.2 Å². The number of hydrogen-bond acceptors (Lipinski definition) is 5. The summed E-state index contributed by atoms with van der Waals surface area (Å²) < 4.78 is 22.6. The van der Waals surface area contributed by atoms with Crippen LogP contribution in [-0.2, 0) is 14.6 Å². The van der Waals surface area contributed by atoms with E-state index in [1.807, 2.05) is 13.8 Å². The number of sulfone groups is 1. The Labute approximate surface area is 132 Å². The first kappa shape index (κ1) is 20.0. The monoisotopic (exact) mass is 344 g/mol. The second-order valence-electron chi connectivity index (χ2n) is 5.18. The average Bonchev–Trinajstić information content (AvgIpc) is 2.73. The standard InChI is InChI=1S/C12H24N2O3S2.ClH/c1-3-12(13,4-2)9-14-11(15)7-18-10-5-6-19(16,17)8-10;/h10H,3-9,13H2,1-2H3,(H,14,15);1H. The number of carbonyl (C=O) groups is 1. The summed E-state index contributed by atoms with van der Waals surface area (Å²) in [4.78, 5) is 11.7. The van der Waals surface area contributed by atoms with Crippen LogP contribution in [0.25, 0.3) is 0 Å². The van der Waals surface area contributed by atoms with Gasteiger partial charge in [-0.3, -0.25) is 4.79 Å². The zero-order chi connectivity index (χ0) is 14.5. The van der Waals surface area contributed by atoms with E-state index in [9.17, 15) is 13.2 Å². The maximum absolute atomic E-state index is 11.7. The number of thioether (sulfide) groups is 1. The lowest BCUT2D eigenvalue weighted by Crippen LogP contribution is -2.49. The van der Waals surface area contributed by atoms with Crippen molar-refractivity contribution in [1.29, 1.82) is 0 Å². The van der Waals surface area contributed by atoms with Gasteiger partial charge in [0.15, 0.2) is 9.84 Å². The van der Waals surface area contributed by atoms with Gasteiger partial charge in [0.05, 0.1) is 17.3 Å². The van der Waals surface area contributed by atoms with Crippen LogP contribution in [0.15, 0.2) is 0 Å². The molecule has 1 saturated heterocycles. The summed E-state index contributed by atoms with van der Waals surface area (Å²) in [5.74, 6) is 0.703. The molecule has 1 aliphatic heterocycles. The molecule has 0 spiro atoms. The lowest BCUT2D eigenvalue weighted by Gasteiger charge is -2.26. The third kappa shape index (κ3) is 6.65. The van der Waals surface area contributed by atoms with Crippen molar-refractivity contribution >= 4 is 39.9 Å². The Kier molecular flexibility index (Phi) is 8.47. The number of hydrogen-bond donors (Lipinski definition) is 2. The predicted octanol–water partition coefficient (Wildman–Crippen LogP) is 0.962. The van der Waals surface area contributed by atoms with Crippen molar-refractivity contribution in [2.24, 2.45) is 5.73 Å². The molecule has 1 fully saturated rings. The molecule has 1 unspecified atom stereocenters. The molecule has 1 rings (SSSR count). The van der Waals surface area contributed by atoms with Crippen LogP contribution in [0.5, 0.6) is 0 Å². The molecule has 0 radical (unpaired) electrons. The molecule has 20 heavy (non-hydrogen) atoms. The van der Waals surface area contributed by atoms with Gasteiger partial charge in [-0.2, -0.15) is 0 Å². The van der Waals surface area contributed by atoms with Gasteiger partial charge in [-0.05, 0) is 19.3 Å². The predicted molar refractivity (Wildman–Crippen MR) is 87.3 cm³/mol. The summed E-state index contributed by atoms with van der Waals surface area (Å²) in [6.07, 6.45) is 2.29. The van der Waals surface area contributed by atoms with Gasteiger partial charge >= 0.3 is 0 Å². The Morgan fingerprint density at radius 1 is 1.40 bits per heavy atom. The van der Waals surface area contributed by atoms with E-state index in [0.717, 1.165) is 12.8 Å². The Morgan fingerprint density at radius 3 is 2.45 bits per heavy atom. The van der Waals surface area contributed by atoms with Crippen LogP contribution in [0, 0.1) is 0 Å². The lowest BCUT2D eigenvalue weighted by molar-refractivity contribution is -0.118. The van der Waals surface area contributed by atoms with E-state index in [1.165, 1.54) is 11.8 Å². The smallest absolute Gasteiger partial charge is 0.230 e. The molecule has 0 aromatic carbocycles. The highest BCUT2D eigenvalue weighted by molar-refractivity contribution is 8.02. The number of rotatable bonds is 7. The zero-order valence-corrected chi connectivity index (χ0v) is 14.5. The number of amides is 1. The quantitative estimate of drug-likeness (QED) is 0.718. The normalized spacial score (nSPS) is 21.2. The van der Waals surface area contributed by atoms with Gasteiger partial charge < -0.3 is 11.1 Å². The summed E-state index contributed by atoms with van der Waals surface area (Å²) >= 11 is 1.43. The van der Waals surface area contributed by atoms with Crippen molar-refractivity contribution in [3.8, 4) is 0 Å². The lowest BCUT2D eigenvalue weighted by atomic mass is 9.94. The van der Waals surface area contributed by atoms with E-state index in [2.05, 4.69) is 5.32 Å². The van der Waals surface area contributed by atoms with Gasteiger partial charge in [-0.1, -0.05) is 13.8 Å². The number of carbonyl (C=O) groups excluding carboxylic acids is 1. The first-order chi connectivity index (χ1) is 8.80. The Balaban J connectivity index is 0.00000361. The molecule has 0 bridgehead atoms. The minimum atomic E-state index is -2.86. The van der Waals surface area contributed by atoms with Crippen LogP contribution in [0.3, 0.4) is 0 Å². The van der Waals surface area contributed by atoms with Gasteiger partial charge in [0, 0.05) is 17.3 Å². The molecule has 3 N–H and O–H groups in total. The summed E-state index contributed by atoms with van der Waals surface area (Å²) in [7, 11) is -2.86. The fourth-order valence-electron chi connectivity index (χ4n) is 1.91. The second-order valence-corrected chi connectivity index (χ2v) is 8.70. The summed E-state index contributed by atoms with van der Waals surface area (Å²) in [5.41, 5.74) is 5.76. The maximum Gasteiger partial charge on any atom is 0.230 e. The second kappa shape index (κ2) is 8.46. The SMILES string of the molecule is CCC(N)(CC)CNC(=O)CSC1CCS(=O)(=O)C1.Cl. The molecule has 1 heterocycles. The van der Waals surface area contributed by atoms with E-state index >= 15 is 0 Å². The number of nitrogens with two attached hydrogens (primary N) is 1. The van der Waals surface area contributed by atoms with E-state index in [0.29, 0.717) is 18.7 Å². The number of halogens is 1. The summed E-state index contributed by atoms with van der Waals surface area (Å²) in [6, 6.07) is 0. The molecular weight excluding hydrogens is 320 g/mol. The largest absolute Gasteiger partial charge is 0.354 e. The summed E-state index contributed by atoms with van der Waals surface area (Å²) in [6.45, 7) is 4.49. The van der Waals surface area contributed by atoms with Crippen molar-refractivity contribution in [3.63, 3.8) is 0 Å². The van der Waals surface area contributed by atoms with Gasteiger partial charge in [0.2, 0.25) is 5.91 Å². The third-order valence-corrected chi connectivity index (χ3v) is 6.97. The highest BCUT2D eigenvalue weighted by Crippen LogP contribution is 2.24. The molecule has 0 saturated carbocycles. The topological polar surface area (TPSA) is 89.3 Å². The fourth-order valence-corrected chi connectivity index (χ4v) is 5.38. The van der Waals surface area contributed by atoms with Crippen LogP contribution >= 0.6 is 24.2 Å². The minimum Gasteiger partial charge on any atom is -0.354 e. The van der Waals surface area contributed by atoms with E-state index in [1.54, 1.807) is 0 Å². The minimum absolute atomic E-state index is 0. The molecular formula is C12H25ClN2O3S2. The molecule has 1 amide bonds.